The molecule has 0 atom stereocenters. The van der Waals surface area contributed by atoms with Crippen molar-refractivity contribution in [2.45, 2.75) is 19.3 Å². The molecule has 0 unspecified atom stereocenters. The lowest BCUT2D eigenvalue weighted by Crippen LogP contribution is -2.15. The zero-order chi connectivity index (χ0) is 30.4. The normalized spacial score (nSPS) is 12.8. The molecule has 1 aromatic heterocycles. The van der Waals surface area contributed by atoms with Crippen LogP contribution in [0.5, 0.6) is 0 Å². The second-order valence-corrected chi connectivity index (χ2v) is 12.5. The number of aromatic nitrogens is 1. The van der Waals surface area contributed by atoms with Crippen molar-refractivity contribution in [2.75, 3.05) is 0 Å². The molecule has 45 heavy (non-hydrogen) atoms. The Morgan fingerprint density at radius 3 is 1.24 bits per heavy atom. The van der Waals surface area contributed by atoms with Crippen molar-refractivity contribution in [1.82, 2.24) is 4.98 Å². The van der Waals surface area contributed by atoms with Crippen LogP contribution in [-0.4, -0.2) is 4.98 Å². The molecule has 1 nitrogen and oxygen atoms in total. The lowest BCUT2D eigenvalue weighted by atomic mass is 9.80. The van der Waals surface area contributed by atoms with Crippen LogP contribution in [0.3, 0.4) is 0 Å². The molecule has 0 fully saturated rings. The first kappa shape index (κ1) is 27.0. The zero-order valence-electron chi connectivity index (χ0n) is 25.5. The fourth-order valence-corrected chi connectivity index (χ4v) is 6.82. The van der Waals surface area contributed by atoms with Crippen molar-refractivity contribution >= 4 is 0 Å². The highest BCUT2D eigenvalue weighted by Gasteiger charge is 2.35. The van der Waals surface area contributed by atoms with Crippen LogP contribution >= 0.6 is 0 Å². The van der Waals surface area contributed by atoms with Gasteiger partial charge in [-0.3, -0.25) is 0 Å². The molecule has 214 valence electrons. The number of nitrogens with zero attached hydrogens (tertiary/aromatic N) is 1. The summed E-state index contributed by atoms with van der Waals surface area (Å²) in [6, 6.07) is 58.9. The summed E-state index contributed by atoms with van der Waals surface area (Å²) in [5.74, 6) is 0. The van der Waals surface area contributed by atoms with Crippen molar-refractivity contribution in [3.05, 3.63) is 175 Å². The van der Waals surface area contributed by atoms with Crippen molar-refractivity contribution in [1.29, 1.82) is 0 Å². The molecule has 0 N–H and O–H groups in total. The van der Waals surface area contributed by atoms with E-state index in [0.29, 0.717) is 0 Å². The molecule has 0 saturated carbocycles. The van der Waals surface area contributed by atoms with Crippen LogP contribution in [0.15, 0.2) is 164 Å². The monoisotopic (exact) mass is 575 g/mol. The molecule has 6 aromatic carbocycles. The summed E-state index contributed by atoms with van der Waals surface area (Å²) in [6.45, 7) is 4.72. The average molecular weight is 576 g/mol. The molecule has 0 aliphatic heterocycles. The summed E-state index contributed by atoms with van der Waals surface area (Å²) in [7, 11) is 0. The molecule has 0 saturated heterocycles. The SMILES string of the molecule is CC1(C)c2cc(-c3ccccc3)ccc2-c2ccc(-c3cccc(-c4cc(-c5ccccc5)nc(-c5ccccc5)c4)c3)cc21. The molecule has 1 heteroatoms. The van der Waals surface area contributed by atoms with Crippen molar-refractivity contribution in [3.8, 4) is 67.0 Å². The Labute approximate surface area is 265 Å². The summed E-state index contributed by atoms with van der Waals surface area (Å²) in [4.78, 5) is 5.08. The molecule has 0 amide bonds. The third-order valence-electron chi connectivity index (χ3n) is 9.28. The molecule has 1 heterocycles. The lowest BCUT2D eigenvalue weighted by molar-refractivity contribution is 0.661. The maximum Gasteiger partial charge on any atom is 0.0715 e. The summed E-state index contributed by atoms with van der Waals surface area (Å²) in [5.41, 5.74) is 16.9. The Hall–Kier alpha value is -5.53. The van der Waals surface area contributed by atoms with Gasteiger partial charge >= 0.3 is 0 Å². The topological polar surface area (TPSA) is 12.9 Å². The van der Waals surface area contributed by atoms with Gasteiger partial charge in [0.25, 0.3) is 0 Å². The summed E-state index contributed by atoms with van der Waals surface area (Å²) < 4.78 is 0. The highest BCUT2D eigenvalue weighted by Crippen LogP contribution is 2.50. The molecular weight excluding hydrogens is 542 g/mol. The maximum absolute atomic E-state index is 5.08. The van der Waals surface area contributed by atoms with Gasteiger partial charge in [-0.05, 0) is 86.0 Å². The van der Waals surface area contributed by atoms with Crippen LogP contribution < -0.4 is 0 Å². The quantitative estimate of drug-likeness (QED) is 0.199. The highest BCUT2D eigenvalue weighted by atomic mass is 14.7. The van der Waals surface area contributed by atoms with Crippen LogP contribution in [-0.2, 0) is 5.41 Å². The number of pyridine rings is 1. The first-order valence-electron chi connectivity index (χ1n) is 15.6. The third-order valence-corrected chi connectivity index (χ3v) is 9.28. The number of benzene rings is 6. The predicted octanol–water partition coefficient (Wildman–Crippen LogP) is 11.7. The number of rotatable bonds is 5. The summed E-state index contributed by atoms with van der Waals surface area (Å²) >= 11 is 0. The van der Waals surface area contributed by atoms with Gasteiger partial charge in [-0.15, -0.1) is 0 Å². The Morgan fingerprint density at radius 1 is 0.333 bits per heavy atom. The van der Waals surface area contributed by atoms with Gasteiger partial charge in [0.1, 0.15) is 0 Å². The van der Waals surface area contributed by atoms with Gasteiger partial charge in [0.2, 0.25) is 0 Å². The zero-order valence-corrected chi connectivity index (χ0v) is 25.5. The third kappa shape index (κ3) is 4.87. The highest BCUT2D eigenvalue weighted by molar-refractivity contribution is 5.86. The predicted molar refractivity (Wildman–Crippen MR) is 189 cm³/mol. The van der Waals surface area contributed by atoms with Crippen LogP contribution in [0.25, 0.3) is 67.0 Å². The Balaban J connectivity index is 1.19. The van der Waals surface area contributed by atoms with Gasteiger partial charge in [-0.25, -0.2) is 4.98 Å². The molecular formula is C44H33N. The van der Waals surface area contributed by atoms with E-state index in [0.717, 1.165) is 28.1 Å². The minimum atomic E-state index is -0.0939. The van der Waals surface area contributed by atoms with E-state index in [1.165, 1.54) is 50.1 Å². The van der Waals surface area contributed by atoms with E-state index in [1.807, 2.05) is 12.1 Å². The molecule has 0 bridgehead atoms. The van der Waals surface area contributed by atoms with Gasteiger partial charge in [0, 0.05) is 16.5 Å². The molecule has 0 radical (unpaired) electrons. The maximum atomic E-state index is 5.08. The first-order valence-corrected chi connectivity index (χ1v) is 15.6. The summed E-state index contributed by atoms with van der Waals surface area (Å²) in [6.07, 6.45) is 0. The van der Waals surface area contributed by atoms with E-state index in [-0.39, 0.29) is 5.41 Å². The Kier molecular flexibility index (Phi) is 6.54. The van der Waals surface area contributed by atoms with Crippen LogP contribution in [0.2, 0.25) is 0 Å². The van der Waals surface area contributed by atoms with Gasteiger partial charge in [-0.2, -0.15) is 0 Å². The fourth-order valence-electron chi connectivity index (χ4n) is 6.82. The van der Waals surface area contributed by atoms with E-state index in [2.05, 4.69) is 166 Å². The van der Waals surface area contributed by atoms with Crippen molar-refractivity contribution < 1.29 is 0 Å². The van der Waals surface area contributed by atoms with E-state index in [1.54, 1.807) is 0 Å². The van der Waals surface area contributed by atoms with Gasteiger partial charge < -0.3 is 0 Å². The van der Waals surface area contributed by atoms with Gasteiger partial charge in [0.15, 0.2) is 0 Å². The Bertz CT molecular complexity index is 2100. The number of hydrogen-bond acceptors (Lipinski definition) is 1. The molecule has 8 rings (SSSR count). The minimum absolute atomic E-state index is 0.0939. The first-order chi connectivity index (χ1) is 22.0. The second-order valence-electron chi connectivity index (χ2n) is 12.5. The van der Waals surface area contributed by atoms with Crippen molar-refractivity contribution in [2.24, 2.45) is 0 Å². The molecule has 0 spiro atoms. The van der Waals surface area contributed by atoms with Crippen LogP contribution in [0, 0.1) is 0 Å². The molecule has 7 aromatic rings. The number of fused-ring (bicyclic) bond motifs is 3. The fraction of sp³-hybridized carbons (Fsp3) is 0.0682. The van der Waals surface area contributed by atoms with Crippen molar-refractivity contribution in [3.63, 3.8) is 0 Å². The lowest BCUT2D eigenvalue weighted by Gasteiger charge is -2.22. The standard InChI is InChI=1S/C44H33N/c1-44(2)40-26-35(30-13-6-3-7-14-30)21-23-38(40)39-24-22-36(27-41(39)44)33-19-12-20-34(25-33)37-28-42(31-15-8-4-9-16-31)45-43(29-37)32-17-10-5-11-18-32/h3-29H,1-2H3. The van der Waals surface area contributed by atoms with Crippen LogP contribution in [0.4, 0.5) is 0 Å². The largest absolute Gasteiger partial charge is 0.248 e. The molecule has 1 aliphatic rings. The van der Waals surface area contributed by atoms with E-state index in [4.69, 9.17) is 4.98 Å². The number of hydrogen-bond donors (Lipinski definition) is 0. The van der Waals surface area contributed by atoms with Gasteiger partial charge in [0.05, 0.1) is 11.4 Å². The Morgan fingerprint density at radius 2 is 0.733 bits per heavy atom. The smallest absolute Gasteiger partial charge is 0.0715 e. The van der Waals surface area contributed by atoms with Gasteiger partial charge in [-0.1, -0.05) is 147 Å². The average Bonchev–Trinajstić information content (AvgIpc) is 3.34. The summed E-state index contributed by atoms with van der Waals surface area (Å²) in [5, 5.41) is 0. The molecule has 1 aliphatic carbocycles. The second kappa shape index (κ2) is 10.9. The van der Waals surface area contributed by atoms with Crippen LogP contribution in [0.1, 0.15) is 25.0 Å². The van der Waals surface area contributed by atoms with E-state index in [9.17, 15) is 0 Å². The van der Waals surface area contributed by atoms with E-state index < -0.39 is 0 Å². The minimum Gasteiger partial charge on any atom is -0.248 e. The van der Waals surface area contributed by atoms with E-state index >= 15 is 0 Å².